The van der Waals surface area contributed by atoms with Crippen LogP contribution in [-0.2, 0) is 5.88 Å². The molecule has 0 aliphatic heterocycles. The molecule has 1 nitrogen and oxygen atoms in total. The van der Waals surface area contributed by atoms with E-state index in [-0.39, 0.29) is 5.82 Å². The van der Waals surface area contributed by atoms with E-state index in [1.807, 2.05) is 0 Å². The van der Waals surface area contributed by atoms with Gasteiger partial charge in [-0.3, -0.25) is 0 Å². The average Bonchev–Trinajstić information content (AvgIpc) is 2.48. The summed E-state index contributed by atoms with van der Waals surface area (Å²) in [6, 6.07) is 3.15. The van der Waals surface area contributed by atoms with E-state index in [0.717, 1.165) is 10.9 Å². The van der Waals surface area contributed by atoms with Crippen molar-refractivity contribution in [2.75, 3.05) is 0 Å². The molecule has 0 radical (unpaired) electrons. The zero-order valence-electron chi connectivity index (χ0n) is 7.10. The van der Waals surface area contributed by atoms with Gasteiger partial charge in [0.25, 0.3) is 0 Å². The van der Waals surface area contributed by atoms with Crippen molar-refractivity contribution < 1.29 is 8.81 Å². The summed E-state index contributed by atoms with van der Waals surface area (Å²) in [5, 5.41) is 0.897. The number of halogens is 2. The molecule has 0 unspecified atom stereocenters. The Morgan fingerprint density at radius 1 is 1.46 bits per heavy atom. The van der Waals surface area contributed by atoms with Crippen LogP contribution in [0.15, 0.2) is 22.8 Å². The SMILES string of the molecule is Cc1cc2c(CCl)coc2cc1F. The summed E-state index contributed by atoms with van der Waals surface area (Å²) in [6.07, 6.45) is 1.57. The van der Waals surface area contributed by atoms with Gasteiger partial charge in [0.1, 0.15) is 11.4 Å². The standard InChI is InChI=1S/C10H8ClFO/c1-6-2-8-7(4-11)5-13-10(8)3-9(6)12/h2-3,5H,4H2,1H3. The summed E-state index contributed by atoms with van der Waals surface area (Å²) in [5.74, 6) is 0.140. The first-order chi connectivity index (χ1) is 6.22. The van der Waals surface area contributed by atoms with Crippen LogP contribution >= 0.6 is 11.6 Å². The predicted molar refractivity (Wildman–Crippen MR) is 50.5 cm³/mol. The Kier molecular flexibility index (Phi) is 2.00. The van der Waals surface area contributed by atoms with Gasteiger partial charge in [-0.2, -0.15) is 0 Å². The van der Waals surface area contributed by atoms with Crippen LogP contribution < -0.4 is 0 Å². The summed E-state index contributed by atoms with van der Waals surface area (Å²) >= 11 is 5.69. The van der Waals surface area contributed by atoms with Crippen LogP contribution in [0.3, 0.4) is 0 Å². The zero-order chi connectivity index (χ0) is 9.42. The number of alkyl halides is 1. The molecule has 13 heavy (non-hydrogen) atoms. The number of aryl methyl sites for hydroxylation is 1. The quantitative estimate of drug-likeness (QED) is 0.638. The molecule has 0 amide bonds. The molecule has 3 heteroatoms. The molecule has 1 aromatic heterocycles. The summed E-state index contributed by atoms with van der Waals surface area (Å²) in [4.78, 5) is 0. The smallest absolute Gasteiger partial charge is 0.137 e. The van der Waals surface area contributed by atoms with Gasteiger partial charge in [0, 0.05) is 17.0 Å². The van der Waals surface area contributed by atoms with Gasteiger partial charge in [-0.15, -0.1) is 11.6 Å². The van der Waals surface area contributed by atoms with Gasteiger partial charge in [-0.1, -0.05) is 0 Å². The molecule has 0 aliphatic rings. The first kappa shape index (κ1) is 8.57. The third-order valence-corrected chi connectivity index (χ3v) is 2.37. The van der Waals surface area contributed by atoms with Crippen molar-refractivity contribution in [3.8, 4) is 0 Å². The maximum atomic E-state index is 13.1. The Bertz CT molecular complexity index is 447. The van der Waals surface area contributed by atoms with E-state index in [1.54, 1.807) is 19.3 Å². The number of furan rings is 1. The first-order valence-corrected chi connectivity index (χ1v) is 4.48. The summed E-state index contributed by atoms with van der Waals surface area (Å²) in [7, 11) is 0. The van der Waals surface area contributed by atoms with Crippen molar-refractivity contribution in [2.24, 2.45) is 0 Å². The van der Waals surface area contributed by atoms with Gasteiger partial charge in [-0.05, 0) is 18.6 Å². The van der Waals surface area contributed by atoms with Gasteiger partial charge >= 0.3 is 0 Å². The van der Waals surface area contributed by atoms with Crippen LogP contribution in [0.1, 0.15) is 11.1 Å². The lowest BCUT2D eigenvalue weighted by molar-refractivity contribution is 0.593. The monoisotopic (exact) mass is 198 g/mol. The molecule has 0 saturated carbocycles. The minimum atomic E-state index is -0.247. The van der Waals surface area contributed by atoms with Crippen LogP contribution in [-0.4, -0.2) is 0 Å². The molecule has 0 atom stereocenters. The van der Waals surface area contributed by atoms with Crippen LogP contribution in [0.4, 0.5) is 4.39 Å². The predicted octanol–water partition coefficient (Wildman–Crippen LogP) is 3.62. The topological polar surface area (TPSA) is 13.1 Å². The van der Waals surface area contributed by atoms with E-state index >= 15 is 0 Å². The third kappa shape index (κ3) is 1.31. The molecule has 0 bridgehead atoms. The Balaban J connectivity index is 2.77. The molecule has 68 valence electrons. The highest BCUT2D eigenvalue weighted by atomic mass is 35.5. The van der Waals surface area contributed by atoms with E-state index < -0.39 is 0 Å². The molecule has 1 aromatic carbocycles. The van der Waals surface area contributed by atoms with Gasteiger partial charge in [0.2, 0.25) is 0 Å². The fourth-order valence-electron chi connectivity index (χ4n) is 1.31. The highest BCUT2D eigenvalue weighted by Gasteiger charge is 2.07. The van der Waals surface area contributed by atoms with Gasteiger partial charge in [0.05, 0.1) is 12.1 Å². The second-order valence-electron chi connectivity index (χ2n) is 2.99. The Hall–Kier alpha value is -1.02. The molecule has 2 aromatic rings. The molecule has 0 saturated heterocycles. The fraction of sp³-hybridized carbons (Fsp3) is 0.200. The van der Waals surface area contributed by atoms with E-state index in [4.69, 9.17) is 16.0 Å². The third-order valence-electron chi connectivity index (χ3n) is 2.08. The number of fused-ring (bicyclic) bond motifs is 1. The van der Waals surface area contributed by atoms with Crippen LogP contribution in [0.2, 0.25) is 0 Å². The number of benzene rings is 1. The molecule has 0 N–H and O–H groups in total. The molecular formula is C10H8ClFO. The van der Waals surface area contributed by atoms with E-state index in [9.17, 15) is 4.39 Å². The number of rotatable bonds is 1. The van der Waals surface area contributed by atoms with Crippen molar-refractivity contribution in [3.63, 3.8) is 0 Å². The van der Waals surface area contributed by atoms with Crippen molar-refractivity contribution in [1.29, 1.82) is 0 Å². The van der Waals surface area contributed by atoms with Gasteiger partial charge in [-0.25, -0.2) is 4.39 Å². The molecule has 0 aliphatic carbocycles. The largest absolute Gasteiger partial charge is 0.464 e. The summed E-state index contributed by atoms with van der Waals surface area (Å²) in [6.45, 7) is 1.72. The maximum Gasteiger partial charge on any atom is 0.137 e. The summed E-state index contributed by atoms with van der Waals surface area (Å²) in [5.41, 5.74) is 2.07. The van der Waals surface area contributed by atoms with E-state index in [1.165, 1.54) is 6.07 Å². The lowest BCUT2D eigenvalue weighted by Crippen LogP contribution is -1.81. The number of hydrogen-bond acceptors (Lipinski definition) is 1. The van der Waals surface area contributed by atoms with Crippen LogP contribution in [0.5, 0.6) is 0 Å². The maximum absolute atomic E-state index is 13.1. The lowest BCUT2D eigenvalue weighted by Gasteiger charge is -1.96. The van der Waals surface area contributed by atoms with E-state index in [2.05, 4.69) is 0 Å². The fourth-order valence-corrected chi connectivity index (χ4v) is 1.52. The lowest BCUT2D eigenvalue weighted by atomic mass is 10.1. The molecule has 0 spiro atoms. The van der Waals surface area contributed by atoms with Crippen molar-refractivity contribution in [1.82, 2.24) is 0 Å². The van der Waals surface area contributed by atoms with Gasteiger partial charge < -0.3 is 4.42 Å². The van der Waals surface area contributed by atoms with E-state index in [0.29, 0.717) is 17.0 Å². The highest BCUT2D eigenvalue weighted by Crippen LogP contribution is 2.25. The zero-order valence-corrected chi connectivity index (χ0v) is 7.86. The molecule has 2 rings (SSSR count). The second-order valence-corrected chi connectivity index (χ2v) is 3.26. The minimum absolute atomic E-state index is 0.247. The summed E-state index contributed by atoms with van der Waals surface area (Å²) < 4.78 is 18.2. The first-order valence-electron chi connectivity index (χ1n) is 3.94. The molecular weight excluding hydrogens is 191 g/mol. The van der Waals surface area contributed by atoms with Crippen molar-refractivity contribution in [2.45, 2.75) is 12.8 Å². The van der Waals surface area contributed by atoms with Crippen molar-refractivity contribution >= 4 is 22.6 Å². The Morgan fingerprint density at radius 2 is 2.23 bits per heavy atom. The van der Waals surface area contributed by atoms with Crippen LogP contribution in [0.25, 0.3) is 11.0 Å². The van der Waals surface area contributed by atoms with Crippen molar-refractivity contribution in [3.05, 3.63) is 35.3 Å². The normalized spacial score (nSPS) is 11.0. The Morgan fingerprint density at radius 3 is 2.92 bits per heavy atom. The molecule has 0 fully saturated rings. The van der Waals surface area contributed by atoms with Crippen LogP contribution in [0, 0.1) is 12.7 Å². The minimum Gasteiger partial charge on any atom is -0.464 e. The Labute approximate surface area is 80.1 Å². The number of hydrogen-bond donors (Lipinski definition) is 0. The van der Waals surface area contributed by atoms with Gasteiger partial charge in [0.15, 0.2) is 0 Å². The molecule has 1 heterocycles. The average molecular weight is 199 g/mol. The second kappa shape index (κ2) is 3.04. The highest BCUT2D eigenvalue weighted by molar-refractivity contribution is 6.18.